The first kappa shape index (κ1) is 19.8. The maximum Gasteiger partial charge on any atom is 0.231 e. The van der Waals surface area contributed by atoms with E-state index in [2.05, 4.69) is 26.0 Å². The Balaban J connectivity index is 1.46. The van der Waals surface area contributed by atoms with Crippen LogP contribution in [0.25, 0.3) is 6.08 Å². The summed E-state index contributed by atoms with van der Waals surface area (Å²) in [6.07, 6.45) is 1.78. The molecule has 0 aromatic heterocycles. The van der Waals surface area contributed by atoms with Gasteiger partial charge in [0.25, 0.3) is 0 Å². The molecule has 30 heavy (non-hydrogen) atoms. The van der Waals surface area contributed by atoms with Gasteiger partial charge in [-0.25, -0.2) is 0 Å². The van der Waals surface area contributed by atoms with E-state index in [1.165, 1.54) is 5.56 Å². The van der Waals surface area contributed by atoms with Gasteiger partial charge in [-0.3, -0.25) is 4.79 Å². The second-order valence-corrected chi connectivity index (χ2v) is 7.56. The van der Waals surface area contributed by atoms with Gasteiger partial charge in [-0.1, -0.05) is 50.2 Å². The monoisotopic (exact) mass is 400 g/mol. The lowest BCUT2D eigenvalue weighted by Crippen LogP contribution is -1.98. The lowest BCUT2D eigenvalue weighted by atomic mass is 10.0. The molecule has 3 aromatic rings. The summed E-state index contributed by atoms with van der Waals surface area (Å²) >= 11 is 0. The number of ether oxygens (including phenoxy) is 3. The summed E-state index contributed by atoms with van der Waals surface area (Å²) in [5.41, 5.74) is 3.78. The second-order valence-electron chi connectivity index (χ2n) is 7.56. The molecule has 4 heteroatoms. The Hall–Kier alpha value is -3.53. The van der Waals surface area contributed by atoms with Crippen molar-refractivity contribution in [1.29, 1.82) is 0 Å². The third-order valence-corrected chi connectivity index (χ3v) is 5.11. The normalized spacial score (nSPS) is 14.0. The summed E-state index contributed by atoms with van der Waals surface area (Å²) in [4.78, 5) is 12.7. The van der Waals surface area contributed by atoms with Crippen LogP contribution in [0.3, 0.4) is 0 Å². The first-order chi connectivity index (χ1) is 14.5. The third kappa shape index (κ3) is 4.23. The van der Waals surface area contributed by atoms with Crippen molar-refractivity contribution in [2.75, 3.05) is 7.11 Å². The Labute approximate surface area is 176 Å². The molecule has 0 amide bonds. The number of allylic oxidation sites excluding steroid dienone is 1. The number of rotatable bonds is 6. The highest BCUT2D eigenvalue weighted by Gasteiger charge is 2.27. The zero-order valence-electron chi connectivity index (χ0n) is 17.3. The van der Waals surface area contributed by atoms with Crippen molar-refractivity contribution in [3.05, 3.63) is 94.7 Å². The Kier molecular flexibility index (Phi) is 5.57. The average molecular weight is 400 g/mol. The summed E-state index contributed by atoms with van der Waals surface area (Å²) in [6, 6.07) is 21.2. The molecule has 1 heterocycles. The number of fused-ring (bicyclic) bond motifs is 1. The van der Waals surface area contributed by atoms with Gasteiger partial charge in [0.1, 0.15) is 23.9 Å². The average Bonchev–Trinajstić information content (AvgIpc) is 3.07. The number of methoxy groups -OCH3 is 1. The summed E-state index contributed by atoms with van der Waals surface area (Å²) in [7, 11) is 1.64. The standard InChI is InChI=1S/C26H24O4/c1-17(2)20-8-4-18(5-9-20)14-25-26(27)23-13-12-22(15-24(23)30-25)29-16-19-6-10-21(28-3)11-7-19/h4-15,17H,16H2,1-3H3/b25-14+. The van der Waals surface area contributed by atoms with Gasteiger partial charge in [0, 0.05) is 6.07 Å². The van der Waals surface area contributed by atoms with Gasteiger partial charge in [-0.05, 0) is 52.9 Å². The highest BCUT2D eigenvalue weighted by atomic mass is 16.5. The first-order valence-electron chi connectivity index (χ1n) is 9.97. The molecule has 0 atom stereocenters. The summed E-state index contributed by atoms with van der Waals surface area (Å²) in [5.74, 6) is 2.67. The fourth-order valence-corrected chi connectivity index (χ4v) is 3.27. The molecule has 0 fully saturated rings. The fourth-order valence-electron chi connectivity index (χ4n) is 3.27. The van der Waals surface area contributed by atoms with Gasteiger partial charge >= 0.3 is 0 Å². The lowest BCUT2D eigenvalue weighted by Gasteiger charge is -2.08. The molecular weight excluding hydrogens is 376 g/mol. The Morgan fingerprint density at radius 2 is 1.63 bits per heavy atom. The number of carbonyl (C=O) groups excluding carboxylic acids is 1. The largest absolute Gasteiger partial charge is 0.497 e. The van der Waals surface area contributed by atoms with E-state index in [1.54, 1.807) is 31.4 Å². The number of carbonyl (C=O) groups is 1. The number of hydrogen-bond donors (Lipinski definition) is 0. The van der Waals surface area contributed by atoms with Crippen LogP contribution in [0.15, 0.2) is 72.5 Å². The Morgan fingerprint density at radius 1 is 0.933 bits per heavy atom. The smallest absolute Gasteiger partial charge is 0.231 e. The number of Topliss-reactive ketones (excluding diaryl/α,β-unsaturated/α-hetero) is 1. The van der Waals surface area contributed by atoms with E-state index < -0.39 is 0 Å². The minimum Gasteiger partial charge on any atom is -0.497 e. The minimum atomic E-state index is -0.111. The quantitative estimate of drug-likeness (QED) is 0.475. The van der Waals surface area contributed by atoms with E-state index in [0.29, 0.717) is 35.3 Å². The van der Waals surface area contributed by atoms with Crippen molar-refractivity contribution in [1.82, 2.24) is 0 Å². The SMILES string of the molecule is COc1ccc(COc2ccc3c(c2)O/C(=C/c2ccc(C(C)C)cc2)C3=O)cc1. The highest BCUT2D eigenvalue weighted by Crippen LogP contribution is 2.35. The van der Waals surface area contributed by atoms with E-state index >= 15 is 0 Å². The molecule has 0 radical (unpaired) electrons. The van der Waals surface area contributed by atoms with Crippen molar-refractivity contribution in [2.24, 2.45) is 0 Å². The van der Waals surface area contributed by atoms with Crippen LogP contribution in [-0.2, 0) is 6.61 Å². The second kappa shape index (κ2) is 8.46. The molecule has 0 saturated heterocycles. The number of ketones is 1. The molecule has 1 aliphatic rings. The maximum atomic E-state index is 12.7. The van der Waals surface area contributed by atoms with Crippen LogP contribution in [0.4, 0.5) is 0 Å². The van der Waals surface area contributed by atoms with Crippen LogP contribution in [0.1, 0.15) is 46.8 Å². The highest BCUT2D eigenvalue weighted by molar-refractivity contribution is 6.14. The molecule has 0 saturated carbocycles. The van der Waals surface area contributed by atoms with Gasteiger partial charge in [0.15, 0.2) is 5.76 Å². The topological polar surface area (TPSA) is 44.8 Å². The van der Waals surface area contributed by atoms with Crippen molar-refractivity contribution in [2.45, 2.75) is 26.4 Å². The molecule has 0 bridgehead atoms. The van der Waals surface area contributed by atoms with Crippen LogP contribution < -0.4 is 14.2 Å². The van der Waals surface area contributed by atoms with E-state index in [4.69, 9.17) is 14.2 Å². The van der Waals surface area contributed by atoms with Gasteiger partial charge in [-0.2, -0.15) is 0 Å². The van der Waals surface area contributed by atoms with Crippen LogP contribution in [-0.4, -0.2) is 12.9 Å². The van der Waals surface area contributed by atoms with Crippen molar-refractivity contribution >= 4 is 11.9 Å². The van der Waals surface area contributed by atoms with E-state index in [9.17, 15) is 4.79 Å². The molecule has 4 nitrogen and oxygen atoms in total. The molecule has 0 N–H and O–H groups in total. The predicted octanol–water partition coefficient (Wildman–Crippen LogP) is 6.01. The molecule has 152 valence electrons. The number of hydrogen-bond acceptors (Lipinski definition) is 4. The maximum absolute atomic E-state index is 12.7. The molecule has 4 rings (SSSR count). The van der Waals surface area contributed by atoms with Crippen molar-refractivity contribution < 1.29 is 19.0 Å². The fraction of sp³-hybridized carbons (Fsp3) is 0.192. The van der Waals surface area contributed by atoms with Crippen molar-refractivity contribution in [3.63, 3.8) is 0 Å². The molecule has 3 aromatic carbocycles. The molecule has 1 aliphatic heterocycles. The zero-order valence-corrected chi connectivity index (χ0v) is 17.3. The Bertz CT molecular complexity index is 1080. The molecule has 0 spiro atoms. The van der Waals surface area contributed by atoms with Crippen molar-refractivity contribution in [3.8, 4) is 17.2 Å². The molecule has 0 aliphatic carbocycles. The predicted molar refractivity (Wildman–Crippen MR) is 117 cm³/mol. The number of benzene rings is 3. The van der Waals surface area contributed by atoms with Crippen LogP contribution >= 0.6 is 0 Å². The van der Waals surface area contributed by atoms with Gasteiger partial charge < -0.3 is 14.2 Å². The van der Waals surface area contributed by atoms with Crippen LogP contribution in [0.5, 0.6) is 17.2 Å². The van der Waals surface area contributed by atoms with E-state index in [1.807, 2.05) is 36.4 Å². The Morgan fingerprint density at radius 3 is 2.30 bits per heavy atom. The summed E-state index contributed by atoms with van der Waals surface area (Å²) in [5, 5.41) is 0. The van der Waals surface area contributed by atoms with Gasteiger partial charge in [0.2, 0.25) is 5.78 Å². The molecular formula is C26H24O4. The third-order valence-electron chi connectivity index (χ3n) is 5.11. The lowest BCUT2D eigenvalue weighted by molar-refractivity contribution is 0.101. The van der Waals surface area contributed by atoms with E-state index in [0.717, 1.165) is 16.9 Å². The van der Waals surface area contributed by atoms with Crippen LogP contribution in [0, 0.1) is 0 Å². The first-order valence-corrected chi connectivity index (χ1v) is 9.97. The van der Waals surface area contributed by atoms with Gasteiger partial charge in [-0.15, -0.1) is 0 Å². The summed E-state index contributed by atoms with van der Waals surface area (Å²) in [6.45, 7) is 4.73. The minimum absolute atomic E-state index is 0.111. The zero-order chi connectivity index (χ0) is 21.1. The molecule has 0 unspecified atom stereocenters. The van der Waals surface area contributed by atoms with E-state index in [-0.39, 0.29) is 5.78 Å². The summed E-state index contributed by atoms with van der Waals surface area (Å²) < 4.78 is 16.9. The van der Waals surface area contributed by atoms with Crippen LogP contribution in [0.2, 0.25) is 0 Å². The van der Waals surface area contributed by atoms with Gasteiger partial charge in [0.05, 0.1) is 12.7 Å².